The van der Waals surface area contributed by atoms with E-state index >= 15 is 0 Å². The van der Waals surface area contributed by atoms with Gasteiger partial charge in [0, 0.05) is 28.5 Å². The average Bonchev–Trinajstić information content (AvgIpc) is 2.93. The second-order valence-corrected chi connectivity index (χ2v) is 6.34. The molecule has 0 spiro atoms. The largest absolute Gasteiger partial charge is 0.343 e. The van der Waals surface area contributed by atoms with Gasteiger partial charge in [0.2, 0.25) is 11.8 Å². The summed E-state index contributed by atoms with van der Waals surface area (Å²) >= 11 is 5.85. The van der Waals surface area contributed by atoms with Gasteiger partial charge in [-0.25, -0.2) is 0 Å². The Morgan fingerprint density at radius 2 is 2.00 bits per heavy atom. The molecule has 3 amide bonds. The number of benzene rings is 2. The van der Waals surface area contributed by atoms with Gasteiger partial charge >= 0.3 is 0 Å². The van der Waals surface area contributed by atoms with Gasteiger partial charge in [0.05, 0.1) is 13.0 Å². The van der Waals surface area contributed by atoms with Crippen LogP contribution < -0.4 is 15.5 Å². The summed E-state index contributed by atoms with van der Waals surface area (Å²) in [6, 6.07) is 11.9. The van der Waals surface area contributed by atoms with Crippen molar-refractivity contribution in [2.75, 3.05) is 23.3 Å². The van der Waals surface area contributed by atoms with E-state index in [4.69, 9.17) is 11.6 Å². The summed E-state index contributed by atoms with van der Waals surface area (Å²) < 4.78 is 0. The fourth-order valence-electron chi connectivity index (χ4n) is 2.91. The van der Waals surface area contributed by atoms with Crippen LogP contribution in [-0.2, 0) is 16.0 Å². The molecule has 134 valence electrons. The third-order valence-electron chi connectivity index (χ3n) is 4.11. The molecule has 2 aromatic rings. The molecular formula is C19H18ClN3O3. The van der Waals surface area contributed by atoms with Crippen molar-refractivity contribution in [1.82, 2.24) is 5.32 Å². The smallest absolute Gasteiger partial charge is 0.251 e. The zero-order valence-corrected chi connectivity index (χ0v) is 15.0. The summed E-state index contributed by atoms with van der Waals surface area (Å²) in [5, 5.41) is 5.73. The first-order valence-electron chi connectivity index (χ1n) is 8.25. The molecular weight excluding hydrogens is 354 g/mol. The normalized spacial score (nSPS) is 12.7. The summed E-state index contributed by atoms with van der Waals surface area (Å²) in [4.78, 5) is 37.7. The molecule has 2 aromatic carbocycles. The number of carbonyl (C=O) groups excluding carboxylic acids is 3. The molecule has 7 heteroatoms. The maximum Gasteiger partial charge on any atom is 0.251 e. The molecule has 0 fully saturated rings. The van der Waals surface area contributed by atoms with Crippen LogP contribution in [0, 0.1) is 0 Å². The van der Waals surface area contributed by atoms with Crippen molar-refractivity contribution in [2.45, 2.75) is 13.3 Å². The fraction of sp³-hybridized carbons (Fsp3) is 0.211. The molecule has 2 N–H and O–H groups in total. The molecule has 6 nitrogen and oxygen atoms in total. The van der Waals surface area contributed by atoms with E-state index in [1.807, 2.05) is 13.0 Å². The Morgan fingerprint density at radius 1 is 1.19 bits per heavy atom. The van der Waals surface area contributed by atoms with Crippen LogP contribution >= 0.6 is 11.6 Å². The highest BCUT2D eigenvalue weighted by Gasteiger charge is 2.26. The Labute approximate surface area is 156 Å². The van der Waals surface area contributed by atoms with Gasteiger partial charge in [-0.15, -0.1) is 0 Å². The highest BCUT2D eigenvalue weighted by molar-refractivity contribution is 6.31. The van der Waals surface area contributed by atoms with Crippen LogP contribution in [0.25, 0.3) is 0 Å². The molecule has 1 heterocycles. The first-order chi connectivity index (χ1) is 12.5. The number of halogens is 1. The van der Waals surface area contributed by atoms with Crippen molar-refractivity contribution in [3.63, 3.8) is 0 Å². The van der Waals surface area contributed by atoms with Gasteiger partial charge in [0.25, 0.3) is 5.91 Å². The summed E-state index contributed by atoms with van der Waals surface area (Å²) in [6.07, 6.45) is 0.332. The number of carbonyl (C=O) groups is 3. The molecule has 0 saturated carbocycles. The van der Waals surface area contributed by atoms with Crippen molar-refractivity contribution < 1.29 is 14.4 Å². The van der Waals surface area contributed by atoms with Crippen LogP contribution in [0.3, 0.4) is 0 Å². The van der Waals surface area contributed by atoms with E-state index in [-0.39, 0.29) is 24.3 Å². The lowest BCUT2D eigenvalue weighted by Gasteiger charge is -2.15. The van der Waals surface area contributed by atoms with Crippen LogP contribution in [0.1, 0.15) is 22.8 Å². The summed E-state index contributed by atoms with van der Waals surface area (Å²) in [6.45, 7) is 2.38. The lowest BCUT2D eigenvalue weighted by molar-refractivity contribution is -0.117. The molecule has 0 atom stereocenters. The SMILES string of the molecule is CCN1C(=O)Cc2cc(NC(=O)CNC(=O)c3cccc(Cl)c3)ccc21. The Morgan fingerprint density at radius 3 is 2.73 bits per heavy atom. The van der Waals surface area contributed by atoms with Crippen molar-refractivity contribution in [1.29, 1.82) is 0 Å². The van der Waals surface area contributed by atoms with Crippen molar-refractivity contribution in [2.24, 2.45) is 0 Å². The molecule has 26 heavy (non-hydrogen) atoms. The monoisotopic (exact) mass is 371 g/mol. The molecule has 3 rings (SSSR count). The van der Waals surface area contributed by atoms with Crippen molar-refractivity contribution >= 4 is 40.7 Å². The van der Waals surface area contributed by atoms with Crippen molar-refractivity contribution in [3.05, 3.63) is 58.6 Å². The van der Waals surface area contributed by atoms with E-state index in [1.165, 1.54) is 6.07 Å². The number of fused-ring (bicyclic) bond motifs is 1. The molecule has 0 radical (unpaired) electrons. The number of hydrogen-bond donors (Lipinski definition) is 2. The van der Waals surface area contributed by atoms with Crippen LogP contribution in [-0.4, -0.2) is 30.8 Å². The Balaban J connectivity index is 1.58. The minimum atomic E-state index is -0.374. The van der Waals surface area contributed by atoms with Crippen LogP contribution in [0.2, 0.25) is 5.02 Å². The first-order valence-corrected chi connectivity index (χ1v) is 8.62. The molecule has 0 aliphatic carbocycles. The number of rotatable bonds is 5. The van der Waals surface area contributed by atoms with E-state index in [0.29, 0.717) is 29.2 Å². The molecule has 0 saturated heterocycles. The third-order valence-corrected chi connectivity index (χ3v) is 4.34. The quantitative estimate of drug-likeness (QED) is 0.848. The Bertz CT molecular complexity index is 882. The van der Waals surface area contributed by atoms with Crippen LogP contribution in [0.15, 0.2) is 42.5 Å². The number of likely N-dealkylation sites (N-methyl/N-ethyl adjacent to an activating group) is 1. The van der Waals surface area contributed by atoms with Gasteiger partial charge < -0.3 is 15.5 Å². The first kappa shape index (κ1) is 17.9. The van der Waals surface area contributed by atoms with E-state index in [9.17, 15) is 14.4 Å². The predicted octanol–water partition coefficient (Wildman–Crippen LogP) is 2.62. The lowest BCUT2D eigenvalue weighted by atomic mass is 10.1. The maximum absolute atomic E-state index is 12.1. The standard InChI is InChI=1S/C19H18ClN3O3/c1-2-23-16-7-6-15(9-13(16)10-18(23)25)22-17(24)11-21-19(26)12-4-3-5-14(20)8-12/h3-9H,2,10-11H2,1H3,(H,21,26)(H,22,24). The average molecular weight is 372 g/mol. The Hall–Kier alpha value is -2.86. The minimum Gasteiger partial charge on any atom is -0.343 e. The predicted molar refractivity (Wildman–Crippen MR) is 101 cm³/mol. The lowest BCUT2D eigenvalue weighted by Crippen LogP contribution is -2.32. The van der Waals surface area contributed by atoms with E-state index in [0.717, 1.165) is 11.3 Å². The van der Waals surface area contributed by atoms with Crippen LogP contribution in [0.4, 0.5) is 11.4 Å². The molecule has 0 bridgehead atoms. The highest BCUT2D eigenvalue weighted by atomic mass is 35.5. The fourth-order valence-corrected chi connectivity index (χ4v) is 3.10. The van der Waals surface area contributed by atoms with Gasteiger partial charge in [0.15, 0.2) is 0 Å². The Kier molecular flexibility index (Phi) is 5.23. The molecule has 0 aromatic heterocycles. The second-order valence-electron chi connectivity index (χ2n) is 5.90. The zero-order valence-electron chi connectivity index (χ0n) is 14.2. The van der Waals surface area contributed by atoms with Gasteiger partial charge in [-0.2, -0.15) is 0 Å². The number of nitrogens with one attached hydrogen (secondary N) is 2. The van der Waals surface area contributed by atoms with Gasteiger partial charge in [-0.05, 0) is 48.9 Å². The number of hydrogen-bond acceptors (Lipinski definition) is 3. The number of nitrogens with zero attached hydrogens (tertiary/aromatic N) is 1. The van der Waals surface area contributed by atoms with Crippen molar-refractivity contribution in [3.8, 4) is 0 Å². The summed E-state index contributed by atoms with van der Waals surface area (Å²) in [5.41, 5.74) is 2.75. The van der Waals surface area contributed by atoms with E-state index < -0.39 is 0 Å². The minimum absolute atomic E-state index is 0.0553. The third kappa shape index (κ3) is 3.86. The van der Waals surface area contributed by atoms with Gasteiger partial charge in [0.1, 0.15) is 0 Å². The zero-order chi connectivity index (χ0) is 18.7. The topological polar surface area (TPSA) is 78.5 Å². The highest BCUT2D eigenvalue weighted by Crippen LogP contribution is 2.30. The van der Waals surface area contributed by atoms with Gasteiger partial charge in [-0.3, -0.25) is 14.4 Å². The van der Waals surface area contributed by atoms with Gasteiger partial charge in [-0.1, -0.05) is 17.7 Å². The number of anilines is 2. The number of amides is 3. The molecule has 1 aliphatic rings. The summed E-state index contributed by atoms with van der Waals surface area (Å²) in [7, 11) is 0. The molecule has 1 aliphatic heterocycles. The van der Waals surface area contributed by atoms with E-state index in [1.54, 1.807) is 35.2 Å². The second kappa shape index (κ2) is 7.58. The molecule has 0 unspecified atom stereocenters. The summed E-state index contributed by atoms with van der Waals surface area (Å²) in [5.74, 6) is -0.669. The van der Waals surface area contributed by atoms with E-state index in [2.05, 4.69) is 10.6 Å². The maximum atomic E-state index is 12.1. The van der Waals surface area contributed by atoms with Crippen LogP contribution in [0.5, 0.6) is 0 Å².